The molecule has 0 spiro atoms. The van der Waals surface area contributed by atoms with Crippen molar-refractivity contribution in [3.63, 3.8) is 0 Å². The van der Waals surface area contributed by atoms with E-state index in [0.29, 0.717) is 29.4 Å². The Kier molecular flexibility index (Phi) is 6.18. The van der Waals surface area contributed by atoms with Gasteiger partial charge in [0.2, 0.25) is 10.0 Å². The van der Waals surface area contributed by atoms with Crippen molar-refractivity contribution in [2.24, 2.45) is 0 Å². The lowest BCUT2D eigenvalue weighted by Gasteiger charge is -2.21. The van der Waals surface area contributed by atoms with Gasteiger partial charge < -0.3 is 10.1 Å². The van der Waals surface area contributed by atoms with Gasteiger partial charge in [-0.15, -0.1) is 11.3 Å². The smallest absolute Gasteiger partial charge is 0.265 e. The summed E-state index contributed by atoms with van der Waals surface area (Å²) in [6, 6.07) is 8.22. The van der Waals surface area contributed by atoms with Crippen LogP contribution in [0.25, 0.3) is 0 Å². The summed E-state index contributed by atoms with van der Waals surface area (Å²) in [6.07, 6.45) is 3.85. The standard InChI is InChI=1S/C19H24N2O4S2/c1-14-7-10-18(26-14)19(22)20-16-13-15(8-9-17(16)25-2)27(23,24)21-11-5-3-4-6-12-21/h7-10,13H,3-6,11-12H2,1-2H3,(H,20,22). The zero-order chi connectivity index (χ0) is 19.4. The first-order valence-corrected chi connectivity index (χ1v) is 11.2. The minimum absolute atomic E-state index is 0.169. The molecule has 6 nitrogen and oxygen atoms in total. The Balaban J connectivity index is 1.89. The van der Waals surface area contributed by atoms with E-state index in [1.165, 1.54) is 34.9 Å². The van der Waals surface area contributed by atoms with Gasteiger partial charge in [0.15, 0.2) is 0 Å². The van der Waals surface area contributed by atoms with E-state index in [9.17, 15) is 13.2 Å². The van der Waals surface area contributed by atoms with Crippen molar-refractivity contribution in [1.82, 2.24) is 4.31 Å². The van der Waals surface area contributed by atoms with Gasteiger partial charge in [0.05, 0.1) is 22.6 Å². The summed E-state index contributed by atoms with van der Waals surface area (Å²) in [4.78, 5) is 14.3. The first-order valence-electron chi connectivity index (χ1n) is 8.98. The number of carbonyl (C=O) groups excluding carboxylic acids is 1. The number of benzene rings is 1. The Bertz CT molecular complexity index is 914. The molecule has 2 aromatic rings. The third kappa shape index (κ3) is 4.51. The highest BCUT2D eigenvalue weighted by molar-refractivity contribution is 7.89. The Labute approximate surface area is 164 Å². The summed E-state index contributed by atoms with van der Waals surface area (Å²) in [5.74, 6) is 0.141. The molecule has 2 heterocycles. The molecule has 1 aliphatic heterocycles. The zero-order valence-corrected chi connectivity index (χ0v) is 17.2. The van der Waals surface area contributed by atoms with Crippen molar-refractivity contribution in [3.05, 3.63) is 40.1 Å². The molecular formula is C19H24N2O4S2. The second-order valence-electron chi connectivity index (χ2n) is 6.54. The molecule has 8 heteroatoms. The van der Waals surface area contributed by atoms with Crippen LogP contribution in [0.1, 0.15) is 40.2 Å². The number of ether oxygens (including phenoxy) is 1. The number of hydrogen-bond donors (Lipinski definition) is 1. The lowest BCUT2D eigenvalue weighted by Crippen LogP contribution is -2.32. The third-order valence-corrected chi connectivity index (χ3v) is 7.48. The predicted molar refractivity (Wildman–Crippen MR) is 107 cm³/mol. The van der Waals surface area contributed by atoms with Gasteiger partial charge in [0.1, 0.15) is 5.75 Å². The van der Waals surface area contributed by atoms with Crippen LogP contribution in [-0.4, -0.2) is 38.8 Å². The molecule has 0 aliphatic carbocycles. The monoisotopic (exact) mass is 408 g/mol. The van der Waals surface area contributed by atoms with E-state index in [1.54, 1.807) is 12.1 Å². The van der Waals surface area contributed by atoms with Gasteiger partial charge in [-0.05, 0) is 50.1 Å². The van der Waals surface area contributed by atoms with E-state index in [-0.39, 0.29) is 10.8 Å². The fourth-order valence-corrected chi connectivity index (χ4v) is 5.42. The minimum atomic E-state index is -3.60. The second-order valence-corrected chi connectivity index (χ2v) is 9.77. The first kappa shape index (κ1) is 19.9. The minimum Gasteiger partial charge on any atom is -0.495 e. The van der Waals surface area contributed by atoms with Gasteiger partial charge in [0.25, 0.3) is 5.91 Å². The van der Waals surface area contributed by atoms with Gasteiger partial charge in [-0.25, -0.2) is 8.42 Å². The SMILES string of the molecule is COc1ccc(S(=O)(=O)N2CCCCCC2)cc1NC(=O)c1ccc(C)s1. The van der Waals surface area contributed by atoms with Crippen LogP contribution in [-0.2, 0) is 10.0 Å². The number of amides is 1. The molecule has 1 amide bonds. The fraction of sp³-hybridized carbons (Fsp3) is 0.421. The van der Waals surface area contributed by atoms with Crippen LogP contribution in [0.15, 0.2) is 35.2 Å². The van der Waals surface area contributed by atoms with E-state index in [4.69, 9.17) is 4.74 Å². The summed E-state index contributed by atoms with van der Waals surface area (Å²) >= 11 is 1.38. The van der Waals surface area contributed by atoms with Gasteiger partial charge in [-0.2, -0.15) is 4.31 Å². The normalized spacial score (nSPS) is 15.9. The highest BCUT2D eigenvalue weighted by Gasteiger charge is 2.26. The first-order chi connectivity index (χ1) is 12.9. The van der Waals surface area contributed by atoms with Crippen molar-refractivity contribution < 1.29 is 17.9 Å². The summed E-state index contributed by atoms with van der Waals surface area (Å²) in [5, 5.41) is 2.78. The predicted octanol–water partition coefficient (Wildman–Crippen LogP) is 3.88. The molecule has 146 valence electrons. The zero-order valence-electron chi connectivity index (χ0n) is 15.5. The number of aryl methyl sites for hydroxylation is 1. The molecule has 0 unspecified atom stereocenters. The molecule has 0 saturated carbocycles. The van der Waals surface area contributed by atoms with E-state index >= 15 is 0 Å². The van der Waals surface area contributed by atoms with Crippen molar-refractivity contribution >= 4 is 33.0 Å². The van der Waals surface area contributed by atoms with Crippen LogP contribution >= 0.6 is 11.3 Å². The van der Waals surface area contributed by atoms with Gasteiger partial charge >= 0.3 is 0 Å². The quantitative estimate of drug-likeness (QED) is 0.815. The maximum Gasteiger partial charge on any atom is 0.265 e. The molecule has 1 aromatic heterocycles. The summed E-state index contributed by atoms with van der Waals surface area (Å²) < 4.78 is 32.9. The van der Waals surface area contributed by atoms with Crippen molar-refractivity contribution in [3.8, 4) is 5.75 Å². The van der Waals surface area contributed by atoms with E-state index in [2.05, 4.69) is 5.32 Å². The number of nitrogens with one attached hydrogen (secondary N) is 1. The van der Waals surface area contributed by atoms with Gasteiger partial charge in [-0.1, -0.05) is 12.8 Å². The van der Waals surface area contributed by atoms with Crippen LogP contribution in [0.4, 0.5) is 5.69 Å². The number of sulfonamides is 1. The molecule has 0 bridgehead atoms. The maximum atomic E-state index is 13.0. The van der Waals surface area contributed by atoms with Crippen LogP contribution in [0.5, 0.6) is 5.75 Å². The molecular weight excluding hydrogens is 384 g/mol. The lowest BCUT2D eigenvalue weighted by molar-refractivity contribution is 0.103. The number of hydrogen-bond acceptors (Lipinski definition) is 5. The van der Waals surface area contributed by atoms with Crippen molar-refractivity contribution in [2.75, 3.05) is 25.5 Å². The average molecular weight is 409 g/mol. The summed E-state index contributed by atoms with van der Waals surface area (Å²) in [5.41, 5.74) is 0.351. The number of methoxy groups -OCH3 is 1. The number of nitrogens with zero attached hydrogens (tertiary/aromatic N) is 1. The molecule has 1 saturated heterocycles. The van der Waals surface area contributed by atoms with Crippen LogP contribution in [0.3, 0.4) is 0 Å². The topological polar surface area (TPSA) is 75.7 Å². The number of rotatable bonds is 5. The van der Waals surface area contributed by atoms with E-state index in [1.807, 2.05) is 13.0 Å². The van der Waals surface area contributed by atoms with E-state index < -0.39 is 10.0 Å². The van der Waals surface area contributed by atoms with Crippen molar-refractivity contribution in [2.45, 2.75) is 37.5 Å². The number of thiophene rings is 1. The number of carbonyl (C=O) groups is 1. The Morgan fingerprint density at radius 1 is 1.11 bits per heavy atom. The highest BCUT2D eigenvalue weighted by atomic mass is 32.2. The Hall–Kier alpha value is -1.90. The molecule has 0 atom stereocenters. The largest absolute Gasteiger partial charge is 0.495 e. The van der Waals surface area contributed by atoms with Crippen LogP contribution in [0.2, 0.25) is 0 Å². The molecule has 3 rings (SSSR count). The summed E-state index contributed by atoms with van der Waals surface area (Å²) in [6.45, 7) is 2.99. The van der Waals surface area contributed by atoms with Crippen molar-refractivity contribution in [1.29, 1.82) is 0 Å². The Morgan fingerprint density at radius 3 is 2.41 bits per heavy atom. The molecule has 0 radical (unpaired) electrons. The molecule has 1 N–H and O–H groups in total. The average Bonchev–Trinajstić information content (AvgIpc) is 2.91. The van der Waals surface area contributed by atoms with Crippen LogP contribution in [0, 0.1) is 6.92 Å². The maximum absolute atomic E-state index is 13.0. The van der Waals surface area contributed by atoms with Crippen LogP contribution < -0.4 is 10.1 Å². The van der Waals surface area contributed by atoms with Gasteiger partial charge in [0, 0.05) is 18.0 Å². The molecule has 1 fully saturated rings. The molecule has 1 aliphatic rings. The molecule has 1 aromatic carbocycles. The third-order valence-electron chi connectivity index (χ3n) is 4.59. The number of anilines is 1. The molecule has 27 heavy (non-hydrogen) atoms. The highest BCUT2D eigenvalue weighted by Crippen LogP contribution is 2.30. The van der Waals surface area contributed by atoms with Gasteiger partial charge in [-0.3, -0.25) is 4.79 Å². The second kappa shape index (κ2) is 8.41. The van der Waals surface area contributed by atoms with E-state index in [0.717, 1.165) is 30.6 Å². The fourth-order valence-electron chi connectivity index (χ4n) is 3.12. The lowest BCUT2D eigenvalue weighted by atomic mass is 10.2. The Morgan fingerprint density at radius 2 is 1.81 bits per heavy atom. The summed E-state index contributed by atoms with van der Waals surface area (Å²) in [7, 11) is -2.11.